The molecule has 0 N–H and O–H groups in total. The molecule has 0 aromatic rings. The predicted octanol–water partition coefficient (Wildman–Crippen LogP) is 0.438. The van der Waals surface area contributed by atoms with Gasteiger partial charge in [-0.3, -0.25) is 9.69 Å². The van der Waals surface area contributed by atoms with E-state index in [1.54, 1.807) is 0 Å². The molecule has 1 heterocycles. The van der Waals surface area contributed by atoms with Crippen LogP contribution in [0.2, 0.25) is 0 Å². The van der Waals surface area contributed by atoms with Gasteiger partial charge in [0.25, 0.3) is 0 Å². The second kappa shape index (κ2) is 6.56. The summed E-state index contributed by atoms with van der Waals surface area (Å²) < 4.78 is 9.99. The molecule has 0 aromatic heterocycles. The van der Waals surface area contributed by atoms with Crippen molar-refractivity contribution in [2.24, 2.45) is 0 Å². The van der Waals surface area contributed by atoms with E-state index in [-0.39, 0.29) is 5.97 Å². The molecule has 1 fully saturated rings. The predicted molar refractivity (Wildman–Crippen MR) is 53.0 cm³/mol. The highest BCUT2D eigenvalue weighted by atomic mass is 16.5. The van der Waals surface area contributed by atoms with E-state index in [1.165, 1.54) is 6.92 Å². The second-order valence-electron chi connectivity index (χ2n) is 3.19. The lowest BCUT2D eigenvalue weighted by molar-refractivity contribution is -0.139. The minimum absolute atomic E-state index is 0.235. The average Bonchev–Trinajstić information content (AvgIpc) is 2.18. The molecule has 0 saturated carbocycles. The maximum absolute atomic E-state index is 10.4. The minimum atomic E-state index is -0.235. The van der Waals surface area contributed by atoms with Gasteiger partial charge in [-0.15, -0.1) is 0 Å². The second-order valence-corrected chi connectivity index (χ2v) is 3.19. The van der Waals surface area contributed by atoms with E-state index in [0.29, 0.717) is 6.61 Å². The fraction of sp³-hybridized carbons (Fsp3) is 0.700. The van der Waals surface area contributed by atoms with Crippen molar-refractivity contribution in [3.63, 3.8) is 0 Å². The highest BCUT2D eigenvalue weighted by molar-refractivity contribution is 5.65. The Morgan fingerprint density at radius 1 is 1.43 bits per heavy atom. The van der Waals surface area contributed by atoms with Crippen molar-refractivity contribution >= 4 is 5.97 Å². The summed E-state index contributed by atoms with van der Waals surface area (Å²) in [5.41, 5.74) is 0. The highest BCUT2D eigenvalue weighted by Crippen LogP contribution is 1.96. The largest absolute Gasteiger partial charge is 0.462 e. The third-order valence-corrected chi connectivity index (χ3v) is 2.02. The Kier molecular flexibility index (Phi) is 5.25. The molecule has 0 atom stereocenters. The third-order valence-electron chi connectivity index (χ3n) is 2.02. The Balaban J connectivity index is 2.03. The molecular weight excluding hydrogens is 182 g/mol. The van der Waals surface area contributed by atoms with E-state index >= 15 is 0 Å². The number of esters is 1. The van der Waals surface area contributed by atoms with E-state index in [2.05, 4.69) is 4.90 Å². The highest BCUT2D eigenvalue weighted by Gasteiger charge is 2.07. The molecule has 1 aliphatic heterocycles. The van der Waals surface area contributed by atoms with Crippen molar-refractivity contribution in [1.82, 2.24) is 4.90 Å². The van der Waals surface area contributed by atoms with Crippen LogP contribution >= 0.6 is 0 Å². The molecule has 0 aromatic carbocycles. The van der Waals surface area contributed by atoms with E-state index in [1.807, 2.05) is 12.2 Å². The SMILES string of the molecule is CC(=O)OCC=CCN1CCOCC1. The molecule has 1 rings (SSSR count). The molecule has 0 spiro atoms. The van der Waals surface area contributed by atoms with Crippen LogP contribution in [0.5, 0.6) is 0 Å². The normalized spacial score (nSPS) is 18.6. The summed E-state index contributed by atoms with van der Waals surface area (Å²) in [6.45, 7) is 6.30. The zero-order chi connectivity index (χ0) is 10.2. The first-order valence-corrected chi connectivity index (χ1v) is 4.87. The van der Waals surface area contributed by atoms with Gasteiger partial charge in [-0.05, 0) is 6.08 Å². The first kappa shape index (κ1) is 11.2. The lowest BCUT2D eigenvalue weighted by Crippen LogP contribution is -2.36. The Morgan fingerprint density at radius 2 is 2.14 bits per heavy atom. The van der Waals surface area contributed by atoms with Crippen LogP contribution in [0, 0.1) is 0 Å². The minimum Gasteiger partial charge on any atom is -0.462 e. The Hall–Kier alpha value is -0.870. The summed E-state index contributed by atoms with van der Waals surface area (Å²) >= 11 is 0. The molecule has 0 amide bonds. The van der Waals surface area contributed by atoms with Gasteiger partial charge in [-0.25, -0.2) is 0 Å². The molecule has 4 heteroatoms. The van der Waals surface area contributed by atoms with Crippen molar-refractivity contribution < 1.29 is 14.3 Å². The van der Waals surface area contributed by atoms with Crippen molar-refractivity contribution in [3.8, 4) is 0 Å². The maximum Gasteiger partial charge on any atom is 0.302 e. The van der Waals surface area contributed by atoms with Crippen LogP contribution in [0.25, 0.3) is 0 Å². The van der Waals surface area contributed by atoms with Crippen LogP contribution in [0.4, 0.5) is 0 Å². The molecular formula is C10H17NO3. The molecule has 0 aliphatic carbocycles. The van der Waals surface area contributed by atoms with Crippen molar-refractivity contribution in [2.45, 2.75) is 6.92 Å². The monoisotopic (exact) mass is 199 g/mol. The van der Waals surface area contributed by atoms with Crippen LogP contribution in [-0.2, 0) is 14.3 Å². The average molecular weight is 199 g/mol. The van der Waals surface area contributed by atoms with Crippen LogP contribution < -0.4 is 0 Å². The van der Waals surface area contributed by atoms with Crippen molar-refractivity contribution in [3.05, 3.63) is 12.2 Å². The van der Waals surface area contributed by atoms with Crippen LogP contribution in [0.15, 0.2) is 12.2 Å². The maximum atomic E-state index is 10.4. The van der Waals surface area contributed by atoms with Gasteiger partial charge >= 0.3 is 5.97 Å². The van der Waals surface area contributed by atoms with Gasteiger partial charge < -0.3 is 9.47 Å². The van der Waals surface area contributed by atoms with Gasteiger partial charge in [-0.1, -0.05) is 6.08 Å². The molecule has 4 nitrogen and oxygen atoms in total. The summed E-state index contributed by atoms with van der Waals surface area (Å²) in [7, 11) is 0. The Bertz CT molecular complexity index is 198. The lowest BCUT2D eigenvalue weighted by atomic mass is 10.4. The number of carbonyl (C=O) groups is 1. The topological polar surface area (TPSA) is 38.8 Å². The van der Waals surface area contributed by atoms with Gasteiger partial charge in [0.2, 0.25) is 0 Å². The smallest absolute Gasteiger partial charge is 0.302 e. The van der Waals surface area contributed by atoms with Gasteiger partial charge in [0.05, 0.1) is 13.2 Å². The van der Waals surface area contributed by atoms with Crippen molar-refractivity contribution in [1.29, 1.82) is 0 Å². The fourth-order valence-electron chi connectivity index (χ4n) is 1.24. The van der Waals surface area contributed by atoms with Crippen LogP contribution in [0.1, 0.15) is 6.92 Å². The number of nitrogens with zero attached hydrogens (tertiary/aromatic N) is 1. The quantitative estimate of drug-likeness (QED) is 0.486. The molecule has 0 bridgehead atoms. The standard InChI is InChI=1S/C10H17NO3/c1-10(12)14-7-3-2-4-11-5-8-13-9-6-11/h2-3H,4-9H2,1H3. The number of carbonyl (C=O) groups excluding carboxylic acids is 1. The molecule has 0 unspecified atom stereocenters. The summed E-state index contributed by atoms with van der Waals surface area (Å²) in [5, 5.41) is 0. The number of rotatable bonds is 4. The number of morpholine rings is 1. The molecule has 1 saturated heterocycles. The van der Waals surface area contributed by atoms with E-state index in [9.17, 15) is 4.79 Å². The number of hydrogen-bond acceptors (Lipinski definition) is 4. The Labute approximate surface area is 84.5 Å². The number of ether oxygens (including phenoxy) is 2. The van der Waals surface area contributed by atoms with E-state index < -0.39 is 0 Å². The third kappa shape index (κ3) is 4.99. The molecule has 14 heavy (non-hydrogen) atoms. The lowest BCUT2D eigenvalue weighted by Gasteiger charge is -2.25. The van der Waals surface area contributed by atoms with Crippen LogP contribution in [-0.4, -0.2) is 50.3 Å². The van der Waals surface area contributed by atoms with Gasteiger partial charge in [0.1, 0.15) is 6.61 Å². The molecule has 0 radical (unpaired) electrons. The fourth-order valence-corrected chi connectivity index (χ4v) is 1.24. The summed E-state index contributed by atoms with van der Waals surface area (Å²) in [6.07, 6.45) is 3.89. The van der Waals surface area contributed by atoms with Gasteiger partial charge in [-0.2, -0.15) is 0 Å². The van der Waals surface area contributed by atoms with Gasteiger partial charge in [0.15, 0.2) is 0 Å². The zero-order valence-corrected chi connectivity index (χ0v) is 8.57. The summed E-state index contributed by atoms with van der Waals surface area (Å²) in [4.78, 5) is 12.7. The van der Waals surface area contributed by atoms with E-state index in [0.717, 1.165) is 32.8 Å². The first-order chi connectivity index (χ1) is 6.79. The Morgan fingerprint density at radius 3 is 2.79 bits per heavy atom. The first-order valence-electron chi connectivity index (χ1n) is 4.87. The van der Waals surface area contributed by atoms with Crippen LogP contribution in [0.3, 0.4) is 0 Å². The summed E-state index contributed by atoms with van der Waals surface area (Å²) in [6, 6.07) is 0. The molecule has 1 aliphatic rings. The van der Waals surface area contributed by atoms with E-state index in [4.69, 9.17) is 9.47 Å². The zero-order valence-electron chi connectivity index (χ0n) is 8.57. The number of hydrogen-bond donors (Lipinski definition) is 0. The molecule has 80 valence electrons. The van der Waals surface area contributed by atoms with Crippen molar-refractivity contribution in [2.75, 3.05) is 39.5 Å². The summed E-state index contributed by atoms with van der Waals surface area (Å²) in [5.74, 6) is -0.235. The van der Waals surface area contributed by atoms with Gasteiger partial charge in [0, 0.05) is 26.6 Å².